The largest absolute Gasteiger partial charge is 0.496 e. The van der Waals surface area contributed by atoms with Crippen LogP contribution in [-0.2, 0) is 11.2 Å². The highest BCUT2D eigenvalue weighted by Gasteiger charge is 2.17. The molecule has 0 radical (unpaired) electrons. The van der Waals surface area contributed by atoms with E-state index in [0.717, 1.165) is 24.0 Å². The Kier molecular flexibility index (Phi) is 3.51. The summed E-state index contributed by atoms with van der Waals surface area (Å²) < 4.78 is 5.19. The molecule has 2 nitrogen and oxygen atoms in total. The quantitative estimate of drug-likeness (QED) is 0.708. The van der Waals surface area contributed by atoms with Crippen molar-refractivity contribution in [3.63, 3.8) is 0 Å². The molecule has 0 N–H and O–H groups in total. The van der Waals surface area contributed by atoms with E-state index in [9.17, 15) is 4.79 Å². The first-order chi connectivity index (χ1) is 6.98. The summed E-state index contributed by atoms with van der Waals surface area (Å²) in [6.45, 7) is 5.90. The lowest BCUT2D eigenvalue weighted by atomic mass is 9.87. The summed E-state index contributed by atoms with van der Waals surface area (Å²) in [5.74, 6) is 0.891. The standard InChI is InChI=1S/C13H18O2/c1-10-7-11(5-6-12(10)15-4)8-13(2,3)9-14/h5-7,9H,8H2,1-4H3. The number of rotatable bonds is 4. The molecule has 0 aliphatic heterocycles. The van der Waals surface area contributed by atoms with Gasteiger partial charge in [-0.1, -0.05) is 26.0 Å². The molecule has 0 saturated carbocycles. The third-order valence-electron chi connectivity index (χ3n) is 2.44. The fourth-order valence-electron chi connectivity index (χ4n) is 1.62. The first-order valence-corrected chi connectivity index (χ1v) is 5.08. The lowest BCUT2D eigenvalue weighted by Crippen LogP contribution is -2.16. The zero-order valence-corrected chi connectivity index (χ0v) is 9.83. The first kappa shape index (κ1) is 11.8. The number of carbonyl (C=O) groups excluding carboxylic acids is 1. The number of methoxy groups -OCH3 is 1. The number of hydrogen-bond donors (Lipinski definition) is 0. The number of aryl methyl sites for hydroxylation is 1. The molecule has 0 bridgehead atoms. The van der Waals surface area contributed by atoms with Gasteiger partial charge >= 0.3 is 0 Å². The average Bonchev–Trinajstić information content (AvgIpc) is 2.17. The van der Waals surface area contributed by atoms with Gasteiger partial charge < -0.3 is 9.53 Å². The van der Waals surface area contributed by atoms with Crippen molar-refractivity contribution in [3.8, 4) is 5.75 Å². The van der Waals surface area contributed by atoms with E-state index in [-0.39, 0.29) is 5.41 Å². The van der Waals surface area contributed by atoms with Gasteiger partial charge in [-0.15, -0.1) is 0 Å². The normalized spacial score (nSPS) is 11.2. The van der Waals surface area contributed by atoms with E-state index < -0.39 is 0 Å². The molecule has 15 heavy (non-hydrogen) atoms. The van der Waals surface area contributed by atoms with Crippen LogP contribution in [0.5, 0.6) is 5.75 Å². The topological polar surface area (TPSA) is 26.3 Å². The van der Waals surface area contributed by atoms with Crippen molar-refractivity contribution in [1.82, 2.24) is 0 Å². The lowest BCUT2D eigenvalue weighted by molar-refractivity contribution is -0.114. The molecule has 0 aliphatic rings. The number of hydrogen-bond acceptors (Lipinski definition) is 2. The summed E-state index contributed by atoms with van der Waals surface area (Å²) in [7, 11) is 1.66. The minimum absolute atomic E-state index is 0.291. The van der Waals surface area contributed by atoms with Crippen LogP contribution in [-0.4, -0.2) is 13.4 Å². The molecule has 1 aromatic rings. The fourth-order valence-corrected chi connectivity index (χ4v) is 1.62. The lowest BCUT2D eigenvalue weighted by Gasteiger charge is -2.17. The highest BCUT2D eigenvalue weighted by molar-refractivity contribution is 5.58. The van der Waals surface area contributed by atoms with Gasteiger partial charge in [0.05, 0.1) is 7.11 Å². The summed E-state index contributed by atoms with van der Waals surface area (Å²) >= 11 is 0. The smallest absolute Gasteiger partial charge is 0.125 e. The van der Waals surface area contributed by atoms with E-state index in [2.05, 4.69) is 6.07 Å². The zero-order chi connectivity index (χ0) is 11.5. The Balaban J connectivity index is 2.89. The van der Waals surface area contributed by atoms with Gasteiger partial charge in [0, 0.05) is 5.41 Å². The molecule has 0 aromatic heterocycles. The Bertz CT molecular complexity index is 354. The molecule has 1 rings (SSSR count). The van der Waals surface area contributed by atoms with Gasteiger partial charge in [-0.05, 0) is 30.5 Å². The second kappa shape index (κ2) is 4.47. The molecule has 0 saturated heterocycles. The molecule has 0 fully saturated rings. The minimum Gasteiger partial charge on any atom is -0.496 e. The van der Waals surface area contributed by atoms with Gasteiger partial charge in [0.15, 0.2) is 0 Å². The van der Waals surface area contributed by atoms with Crippen LogP contribution in [0.3, 0.4) is 0 Å². The van der Waals surface area contributed by atoms with Crippen LogP contribution in [0.1, 0.15) is 25.0 Å². The van der Waals surface area contributed by atoms with Gasteiger partial charge in [0.1, 0.15) is 12.0 Å². The molecule has 0 spiro atoms. The predicted octanol–water partition coefficient (Wildman–Crippen LogP) is 2.77. The second-order valence-electron chi connectivity index (χ2n) is 4.59. The number of benzene rings is 1. The average molecular weight is 206 g/mol. The minimum atomic E-state index is -0.291. The van der Waals surface area contributed by atoms with E-state index in [1.165, 1.54) is 5.56 Å². The maximum atomic E-state index is 10.8. The van der Waals surface area contributed by atoms with Crippen LogP contribution in [0.15, 0.2) is 18.2 Å². The molecular weight excluding hydrogens is 188 g/mol. The maximum Gasteiger partial charge on any atom is 0.125 e. The molecule has 0 heterocycles. The number of aldehydes is 1. The van der Waals surface area contributed by atoms with Crippen LogP contribution in [0, 0.1) is 12.3 Å². The first-order valence-electron chi connectivity index (χ1n) is 5.08. The predicted molar refractivity (Wildman–Crippen MR) is 61.3 cm³/mol. The van der Waals surface area contributed by atoms with Crippen LogP contribution in [0.2, 0.25) is 0 Å². The van der Waals surface area contributed by atoms with E-state index in [4.69, 9.17) is 4.74 Å². The molecular formula is C13H18O2. The molecule has 0 atom stereocenters. The molecule has 1 aromatic carbocycles. The van der Waals surface area contributed by atoms with Crippen molar-refractivity contribution in [2.75, 3.05) is 7.11 Å². The molecule has 2 heteroatoms. The fraction of sp³-hybridized carbons (Fsp3) is 0.462. The number of carbonyl (C=O) groups is 1. The molecule has 0 aliphatic carbocycles. The Labute approximate surface area is 91.3 Å². The van der Waals surface area contributed by atoms with Crippen molar-refractivity contribution < 1.29 is 9.53 Å². The Hall–Kier alpha value is -1.31. The van der Waals surface area contributed by atoms with Crippen molar-refractivity contribution in [2.24, 2.45) is 5.41 Å². The van der Waals surface area contributed by atoms with Crippen molar-refractivity contribution >= 4 is 6.29 Å². The molecule has 0 unspecified atom stereocenters. The summed E-state index contributed by atoms with van der Waals surface area (Å²) in [5, 5.41) is 0. The van der Waals surface area contributed by atoms with Gasteiger partial charge in [0.2, 0.25) is 0 Å². The van der Waals surface area contributed by atoms with Crippen LogP contribution in [0.25, 0.3) is 0 Å². The summed E-state index contributed by atoms with van der Waals surface area (Å²) in [6.07, 6.45) is 1.77. The maximum absolute atomic E-state index is 10.8. The van der Waals surface area contributed by atoms with E-state index in [1.807, 2.05) is 32.9 Å². The van der Waals surface area contributed by atoms with Crippen molar-refractivity contribution in [1.29, 1.82) is 0 Å². The van der Waals surface area contributed by atoms with Gasteiger partial charge in [-0.25, -0.2) is 0 Å². The number of ether oxygens (including phenoxy) is 1. The van der Waals surface area contributed by atoms with Crippen LogP contribution < -0.4 is 4.74 Å². The van der Waals surface area contributed by atoms with Gasteiger partial charge in [0.25, 0.3) is 0 Å². The van der Waals surface area contributed by atoms with E-state index in [0.29, 0.717) is 0 Å². The van der Waals surface area contributed by atoms with E-state index in [1.54, 1.807) is 7.11 Å². The van der Waals surface area contributed by atoms with Crippen molar-refractivity contribution in [2.45, 2.75) is 27.2 Å². The second-order valence-corrected chi connectivity index (χ2v) is 4.59. The van der Waals surface area contributed by atoms with Crippen LogP contribution >= 0.6 is 0 Å². The third kappa shape index (κ3) is 3.08. The monoisotopic (exact) mass is 206 g/mol. The SMILES string of the molecule is COc1ccc(CC(C)(C)C=O)cc1C. The van der Waals surface area contributed by atoms with Gasteiger partial charge in [-0.2, -0.15) is 0 Å². The van der Waals surface area contributed by atoms with Crippen LogP contribution in [0.4, 0.5) is 0 Å². The van der Waals surface area contributed by atoms with E-state index >= 15 is 0 Å². The zero-order valence-electron chi connectivity index (χ0n) is 9.83. The highest BCUT2D eigenvalue weighted by atomic mass is 16.5. The highest BCUT2D eigenvalue weighted by Crippen LogP contribution is 2.23. The Morgan fingerprint density at radius 3 is 2.53 bits per heavy atom. The van der Waals surface area contributed by atoms with Gasteiger partial charge in [-0.3, -0.25) is 0 Å². The van der Waals surface area contributed by atoms with Crippen molar-refractivity contribution in [3.05, 3.63) is 29.3 Å². The third-order valence-corrected chi connectivity index (χ3v) is 2.44. The Morgan fingerprint density at radius 1 is 1.40 bits per heavy atom. The molecule has 82 valence electrons. The summed E-state index contributed by atoms with van der Waals surface area (Å²) in [4.78, 5) is 10.8. The summed E-state index contributed by atoms with van der Waals surface area (Å²) in [5.41, 5.74) is 1.99. The Morgan fingerprint density at radius 2 is 2.07 bits per heavy atom. The molecule has 0 amide bonds. The summed E-state index contributed by atoms with van der Waals surface area (Å²) in [6, 6.07) is 6.03.